The molecule has 104 valence electrons. The highest BCUT2D eigenvalue weighted by atomic mass is 15.2. The van der Waals surface area contributed by atoms with Crippen LogP contribution in [-0.2, 0) is 6.42 Å². The molecule has 3 unspecified atom stereocenters. The molecule has 5 heteroatoms. The summed E-state index contributed by atoms with van der Waals surface area (Å²) in [7, 11) is 0. The molecule has 21 heavy (non-hydrogen) atoms. The SMILES string of the molecule is c1ccc2c(c1)CCC1C(Nc3ncnc4[nH]ncc34)C21. The fourth-order valence-corrected chi connectivity index (χ4v) is 3.80. The van der Waals surface area contributed by atoms with E-state index >= 15 is 0 Å². The molecule has 2 aliphatic carbocycles. The zero-order valence-corrected chi connectivity index (χ0v) is 11.5. The van der Waals surface area contributed by atoms with Gasteiger partial charge in [0.25, 0.3) is 0 Å². The monoisotopic (exact) mass is 277 g/mol. The van der Waals surface area contributed by atoms with Crippen molar-refractivity contribution in [1.29, 1.82) is 0 Å². The first kappa shape index (κ1) is 11.3. The number of hydrogen-bond donors (Lipinski definition) is 2. The number of aryl methyl sites for hydroxylation is 1. The molecule has 3 atom stereocenters. The van der Waals surface area contributed by atoms with Crippen molar-refractivity contribution in [1.82, 2.24) is 20.2 Å². The highest BCUT2D eigenvalue weighted by Crippen LogP contribution is 2.55. The minimum Gasteiger partial charge on any atom is -0.366 e. The van der Waals surface area contributed by atoms with Crippen molar-refractivity contribution in [3.8, 4) is 0 Å². The van der Waals surface area contributed by atoms with E-state index in [2.05, 4.69) is 49.7 Å². The summed E-state index contributed by atoms with van der Waals surface area (Å²) in [6.07, 6.45) is 5.83. The topological polar surface area (TPSA) is 66.5 Å². The molecule has 0 spiro atoms. The Labute approximate surface area is 121 Å². The molecular formula is C16H15N5. The lowest BCUT2D eigenvalue weighted by molar-refractivity contribution is 0.661. The summed E-state index contributed by atoms with van der Waals surface area (Å²) in [4.78, 5) is 8.58. The van der Waals surface area contributed by atoms with Crippen molar-refractivity contribution in [2.45, 2.75) is 24.8 Å². The van der Waals surface area contributed by atoms with E-state index in [1.807, 2.05) is 0 Å². The van der Waals surface area contributed by atoms with Gasteiger partial charge in [0.05, 0.1) is 11.6 Å². The molecule has 1 fully saturated rings. The minimum atomic E-state index is 0.488. The Morgan fingerprint density at radius 2 is 2.14 bits per heavy atom. The minimum absolute atomic E-state index is 0.488. The van der Waals surface area contributed by atoms with Crippen molar-refractivity contribution < 1.29 is 0 Å². The normalized spacial score (nSPS) is 26.2. The first-order valence-corrected chi connectivity index (χ1v) is 7.40. The molecule has 0 saturated heterocycles. The van der Waals surface area contributed by atoms with Gasteiger partial charge >= 0.3 is 0 Å². The zero-order chi connectivity index (χ0) is 13.8. The number of aromatic amines is 1. The van der Waals surface area contributed by atoms with E-state index in [4.69, 9.17) is 0 Å². The third kappa shape index (κ3) is 1.60. The quantitative estimate of drug-likeness (QED) is 0.755. The average molecular weight is 277 g/mol. The average Bonchev–Trinajstić information content (AvgIpc) is 3.01. The summed E-state index contributed by atoms with van der Waals surface area (Å²) >= 11 is 0. The molecule has 0 amide bonds. The number of hydrogen-bond acceptors (Lipinski definition) is 4. The van der Waals surface area contributed by atoms with Crippen LogP contribution in [0, 0.1) is 5.92 Å². The van der Waals surface area contributed by atoms with Crippen molar-refractivity contribution in [2.24, 2.45) is 5.92 Å². The molecule has 0 radical (unpaired) electrons. The van der Waals surface area contributed by atoms with Crippen LogP contribution in [0.2, 0.25) is 0 Å². The fourth-order valence-electron chi connectivity index (χ4n) is 3.80. The van der Waals surface area contributed by atoms with E-state index in [1.165, 1.54) is 24.0 Å². The Balaban J connectivity index is 1.48. The molecule has 0 aliphatic heterocycles. The van der Waals surface area contributed by atoms with Gasteiger partial charge in [-0.25, -0.2) is 9.97 Å². The van der Waals surface area contributed by atoms with Crippen LogP contribution < -0.4 is 5.32 Å². The smallest absolute Gasteiger partial charge is 0.160 e. The van der Waals surface area contributed by atoms with Gasteiger partial charge in [0.2, 0.25) is 0 Å². The maximum atomic E-state index is 4.39. The molecule has 3 aromatic rings. The number of fused-ring (bicyclic) bond motifs is 4. The standard InChI is InChI=1S/C16H15N5/c1-2-4-10-9(3-1)5-6-11-13(10)14(11)20-15-12-7-19-21-16(12)18-8-17-15/h1-4,7-8,11,13-14H,5-6H2,(H2,17,18,19,20,21). The van der Waals surface area contributed by atoms with Gasteiger partial charge in [-0.2, -0.15) is 5.10 Å². The van der Waals surface area contributed by atoms with Crippen LogP contribution in [0.1, 0.15) is 23.5 Å². The van der Waals surface area contributed by atoms with Crippen LogP contribution in [-0.4, -0.2) is 26.2 Å². The molecule has 5 rings (SSSR count). The molecular weight excluding hydrogens is 262 g/mol. The van der Waals surface area contributed by atoms with Crippen molar-refractivity contribution in [3.05, 3.63) is 47.9 Å². The number of nitrogens with zero attached hydrogens (tertiary/aromatic N) is 3. The predicted molar refractivity (Wildman–Crippen MR) is 80.1 cm³/mol. The lowest BCUT2D eigenvalue weighted by Crippen LogP contribution is -2.07. The summed E-state index contributed by atoms with van der Waals surface area (Å²) in [5.74, 6) is 2.26. The van der Waals surface area contributed by atoms with Crippen molar-refractivity contribution in [3.63, 3.8) is 0 Å². The van der Waals surface area contributed by atoms with Crippen LogP contribution >= 0.6 is 0 Å². The summed E-state index contributed by atoms with van der Waals surface area (Å²) < 4.78 is 0. The molecule has 1 aromatic carbocycles. The van der Waals surface area contributed by atoms with Crippen LogP contribution in [0.3, 0.4) is 0 Å². The molecule has 2 heterocycles. The molecule has 2 N–H and O–H groups in total. The second-order valence-corrected chi connectivity index (χ2v) is 5.95. The van der Waals surface area contributed by atoms with Gasteiger partial charge in [-0.15, -0.1) is 0 Å². The van der Waals surface area contributed by atoms with Gasteiger partial charge < -0.3 is 5.32 Å². The highest BCUT2D eigenvalue weighted by molar-refractivity contribution is 5.85. The number of aromatic nitrogens is 4. The van der Waals surface area contributed by atoms with Gasteiger partial charge in [-0.1, -0.05) is 24.3 Å². The lowest BCUT2D eigenvalue weighted by atomic mass is 9.92. The maximum Gasteiger partial charge on any atom is 0.160 e. The number of nitrogens with one attached hydrogen (secondary N) is 2. The summed E-state index contributed by atoms with van der Waals surface area (Å²) in [5, 5.41) is 11.5. The van der Waals surface area contributed by atoms with Crippen LogP contribution in [0.25, 0.3) is 11.0 Å². The van der Waals surface area contributed by atoms with E-state index < -0.39 is 0 Å². The molecule has 1 saturated carbocycles. The number of H-pyrrole nitrogens is 1. The highest BCUT2D eigenvalue weighted by Gasteiger charge is 2.53. The Morgan fingerprint density at radius 3 is 3.14 bits per heavy atom. The molecule has 0 bridgehead atoms. The lowest BCUT2D eigenvalue weighted by Gasteiger charge is -2.13. The van der Waals surface area contributed by atoms with Crippen LogP contribution in [0.4, 0.5) is 5.82 Å². The number of benzene rings is 1. The molecule has 2 aromatic heterocycles. The Kier molecular flexibility index (Phi) is 2.16. The van der Waals surface area contributed by atoms with E-state index in [1.54, 1.807) is 12.5 Å². The Hall–Kier alpha value is -2.43. The van der Waals surface area contributed by atoms with Crippen LogP contribution in [0.5, 0.6) is 0 Å². The first-order valence-electron chi connectivity index (χ1n) is 7.40. The number of rotatable bonds is 2. The fraction of sp³-hybridized carbons (Fsp3) is 0.312. The van der Waals surface area contributed by atoms with Crippen molar-refractivity contribution in [2.75, 3.05) is 5.32 Å². The first-order chi connectivity index (χ1) is 10.4. The number of anilines is 1. The second kappa shape index (κ2) is 4.04. The van der Waals surface area contributed by atoms with Gasteiger partial charge in [0, 0.05) is 12.0 Å². The van der Waals surface area contributed by atoms with Gasteiger partial charge in [-0.05, 0) is 29.9 Å². The zero-order valence-electron chi connectivity index (χ0n) is 11.5. The van der Waals surface area contributed by atoms with Crippen LogP contribution in [0.15, 0.2) is 36.8 Å². The third-order valence-corrected chi connectivity index (χ3v) is 4.88. The van der Waals surface area contributed by atoms with E-state index in [0.717, 1.165) is 22.8 Å². The third-order valence-electron chi connectivity index (χ3n) is 4.88. The van der Waals surface area contributed by atoms with E-state index in [9.17, 15) is 0 Å². The van der Waals surface area contributed by atoms with Gasteiger partial charge in [0.15, 0.2) is 5.65 Å². The van der Waals surface area contributed by atoms with Crippen molar-refractivity contribution >= 4 is 16.9 Å². The second-order valence-electron chi connectivity index (χ2n) is 5.95. The maximum absolute atomic E-state index is 4.39. The molecule has 2 aliphatic rings. The largest absolute Gasteiger partial charge is 0.366 e. The predicted octanol–water partition coefficient (Wildman–Crippen LogP) is 2.49. The summed E-state index contributed by atoms with van der Waals surface area (Å²) in [5.41, 5.74) is 3.82. The Morgan fingerprint density at radius 1 is 1.19 bits per heavy atom. The molecule has 5 nitrogen and oxygen atoms in total. The summed E-state index contributed by atoms with van der Waals surface area (Å²) in [6, 6.07) is 9.32. The van der Waals surface area contributed by atoms with Gasteiger partial charge in [-0.3, -0.25) is 5.10 Å². The van der Waals surface area contributed by atoms with E-state index in [-0.39, 0.29) is 0 Å². The van der Waals surface area contributed by atoms with Gasteiger partial charge in [0.1, 0.15) is 12.1 Å². The summed E-state index contributed by atoms with van der Waals surface area (Å²) in [6.45, 7) is 0. The Bertz CT molecular complexity index is 824. The van der Waals surface area contributed by atoms with E-state index in [0.29, 0.717) is 12.0 Å².